The Balaban J connectivity index is 4.12. The molecule has 0 spiro atoms. The zero-order chi connectivity index (χ0) is 16.1. The maximum Gasteiger partial charge on any atom is 0.0903 e. The summed E-state index contributed by atoms with van der Waals surface area (Å²) in [6.07, 6.45) is 18.1. The van der Waals surface area contributed by atoms with Crippen molar-refractivity contribution in [1.82, 2.24) is 0 Å². The molecular formula is C20H30O. The van der Waals surface area contributed by atoms with E-state index in [0.717, 1.165) is 12.8 Å². The van der Waals surface area contributed by atoms with E-state index >= 15 is 0 Å². The van der Waals surface area contributed by atoms with Crippen molar-refractivity contribution < 1.29 is 4.74 Å². The first-order chi connectivity index (χ1) is 9.91. The molecule has 21 heavy (non-hydrogen) atoms. The highest BCUT2D eigenvalue weighted by Gasteiger charge is 1.83. The van der Waals surface area contributed by atoms with E-state index in [-0.39, 0.29) is 0 Å². The van der Waals surface area contributed by atoms with E-state index in [2.05, 4.69) is 65.8 Å². The predicted octanol–water partition coefficient (Wildman–Crippen LogP) is 6.64. The number of hydrogen-bond acceptors (Lipinski definition) is 1. The van der Waals surface area contributed by atoms with Crippen molar-refractivity contribution in [3.63, 3.8) is 0 Å². The van der Waals surface area contributed by atoms with Crippen LogP contribution in [0.5, 0.6) is 0 Å². The Morgan fingerprint density at radius 1 is 0.619 bits per heavy atom. The molecule has 0 aromatic carbocycles. The molecule has 0 N–H and O–H groups in total. The number of rotatable bonds is 8. The summed E-state index contributed by atoms with van der Waals surface area (Å²) in [5.74, 6) is 0. The molecule has 0 amide bonds. The van der Waals surface area contributed by atoms with Crippen molar-refractivity contribution in [1.29, 1.82) is 0 Å². The molecule has 0 rings (SSSR count). The highest BCUT2D eigenvalue weighted by molar-refractivity contribution is 5.18. The molecule has 0 saturated carbocycles. The standard InChI is InChI=1S/C20H30O/c1-17(2)9-7-11-19(5)13-15-21-16-14-20(6)12-8-10-18(3)4/h9-16H,7-8H2,1-6H3/b15-13-,16-14-,19-11-,20-12-. The monoisotopic (exact) mass is 286 g/mol. The van der Waals surface area contributed by atoms with Gasteiger partial charge in [-0.25, -0.2) is 0 Å². The summed E-state index contributed by atoms with van der Waals surface area (Å²) in [7, 11) is 0. The van der Waals surface area contributed by atoms with Crippen molar-refractivity contribution in [2.75, 3.05) is 0 Å². The summed E-state index contributed by atoms with van der Waals surface area (Å²) < 4.78 is 5.36. The van der Waals surface area contributed by atoms with Crippen LogP contribution in [0.2, 0.25) is 0 Å². The molecule has 116 valence electrons. The summed E-state index contributed by atoms with van der Waals surface area (Å²) in [6.45, 7) is 12.6. The molecule has 0 unspecified atom stereocenters. The molecule has 0 aliphatic heterocycles. The molecule has 0 aromatic rings. The molecule has 1 heteroatoms. The average Bonchev–Trinajstić information content (AvgIpc) is 2.37. The Labute approximate surface area is 131 Å². The number of allylic oxidation sites excluding steroid dienone is 10. The van der Waals surface area contributed by atoms with Crippen LogP contribution >= 0.6 is 0 Å². The lowest BCUT2D eigenvalue weighted by Crippen LogP contribution is -1.74. The van der Waals surface area contributed by atoms with Crippen LogP contribution in [0, 0.1) is 0 Å². The van der Waals surface area contributed by atoms with Gasteiger partial charge in [0.25, 0.3) is 0 Å². The van der Waals surface area contributed by atoms with E-state index in [1.807, 2.05) is 12.2 Å². The molecular weight excluding hydrogens is 256 g/mol. The first-order valence-corrected chi connectivity index (χ1v) is 7.50. The van der Waals surface area contributed by atoms with Crippen LogP contribution in [0.4, 0.5) is 0 Å². The fraction of sp³-hybridized carbons (Fsp3) is 0.400. The summed E-state index contributed by atoms with van der Waals surface area (Å²) in [4.78, 5) is 0. The fourth-order valence-corrected chi connectivity index (χ4v) is 1.44. The van der Waals surface area contributed by atoms with Crippen LogP contribution in [0.15, 0.2) is 71.3 Å². The van der Waals surface area contributed by atoms with Gasteiger partial charge in [0, 0.05) is 0 Å². The lowest BCUT2D eigenvalue weighted by Gasteiger charge is -1.94. The zero-order valence-corrected chi connectivity index (χ0v) is 14.4. The van der Waals surface area contributed by atoms with E-state index in [4.69, 9.17) is 4.74 Å². The zero-order valence-electron chi connectivity index (χ0n) is 14.4. The predicted molar refractivity (Wildman–Crippen MR) is 95.0 cm³/mol. The normalized spacial score (nSPS) is 12.9. The SMILES string of the molecule is CC(C)=CC/C=C(C)\C=C/O/C=C\C(C)=C/CC=C(C)C. The fourth-order valence-electron chi connectivity index (χ4n) is 1.44. The summed E-state index contributed by atoms with van der Waals surface area (Å²) in [5.41, 5.74) is 5.10. The van der Waals surface area contributed by atoms with Crippen LogP contribution in [0.1, 0.15) is 54.4 Å². The molecule has 0 aliphatic carbocycles. The molecule has 0 saturated heterocycles. The Hall–Kier alpha value is -1.76. The first kappa shape index (κ1) is 19.2. The van der Waals surface area contributed by atoms with Gasteiger partial charge in [-0.05, 0) is 66.5 Å². The minimum absolute atomic E-state index is 0.973. The van der Waals surface area contributed by atoms with Gasteiger partial charge in [0.05, 0.1) is 12.5 Å². The molecule has 0 atom stereocenters. The molecule has 0 aromatic heterocycles. The average molecular weight is 286 g/mol. The summed E-state index contributed by atoms with van der Waals surface area (Å²) >= 11 is 0. The lowest BCUT2D eigenvalue weighted by atomic mass is 10.2. The van der Waals surface area contributed by atoms with Gasteiger partial charge >= 0.3 is 0 Å². The minimum atomic E-state index is 0.973. The van der Waals surface area contributed by atoms with Gasteiger partial charge in [-0.3, -0.25) is 0 Å². The van der Waals surface area contributed by atoms with Gasteiger partial charge in [-0.15, -0.1) is 0 Å². The Kier molecular flexibility index (Phi) is 11.0. The maximum atomic E-state index is 5.36. The van der Waals surface area contributed by atoms with Crippen LogP contribution in [0.25, 0.3) is 0 Å². The summed E-state index contributed by atoms with van der Waals surface area (Å²) in [6, 6.07) is 0. The van der Waals surface area contributed by atoms with Gasteiger partial charge in [-0.1, -0.05) is 46.6 Å². The second kappa shape index (κ2) is 12.0. The Morgan fingerprint density at radius 2 is 1.00 bits per heavy atom. The van der Waals surface area contributed by atoms with Crippen molar-refractivity contribution in [3.8, 4) is 0 Å². The van der Waals surface area contributed by atoms with E-state index in [0.29, 0.717) is 0 Å². The number of hydrogen-bond donors (Lipinski definition) is 0. The number of ether oxygens (including phenoxy) is 1. The van der Waals surface area contributed by atoms with Crippen molar-refractivity contribution >= 4 is 0 Å². The first-order valence-electron chi connectivity index (χ1n) is 7.50. The van der Waals surface area contributed by atoms with Gasteiger partial charge in [0.1, 0.15) is 0 Å². The molecule has 0 radical (unpaired) electrons. The summed E-state index contributed by atoms with van der Waals surface area (Å²) in [5, 5.41) is 0. The van der Waals surface area contributed by atoms with Crippen LogP contribution in [-0.2, 0) is 4.74 Å². The van der Waals surface area contributed by atoms with Crippen molar-refractivity contribution in [3.05, 3.63) is 71.3 Å². The highest BCUT2D eigenvalue weighted by Crippen LogP contribution is 2.03. The topological polar surface area (TPSA) is 9.23 Å². The quantitative estimate of drug-likeness (QED) is 0.276. The largest absolute Gasteiger partial charge is 0.473 e. The van der Waals surface area contributed by atoms with Crippen LogP contribution in [0.3, 0.4) is 0 Å². The molecule has 0 fully saturated rings. The second-order valence-electron chi connectivity index (χ2n) is 5.67. The van der Waals surface area contributed by atoms with Gasteiger partial charge in [0.15, 0.2) is 0 Å². The van der Waals surface area contributed by atoms with E-state index < -0.39 is 0 Å². The van der Waals surface area contributed by atoms with E-state index in [9.17, 15) is 0 Å². The second-order valence-corrected chi connectivity index (χ2v) is 5.67. The minimum Gasteiger partial charge on any atom is -0.473 e. The van der Waals surface area contributed by atoms with E-state index in [1.165, 1.54) is 22.3 Å². The van der Waals surface area contributed by atoms with Crippen molar-refractivity contribution in [2.45, 2.75) is 54.4 Å². The van der Waals surface area contributed by atoms with E-state index in [1.54, 1.807) is 12.5 Å². The molecule has 0 bridgehead atoms. The molecule has 0 aliphatic rings. The Morgan fingerprint density at radius 3 is 1.33 bits per heavy atom. The maximum absolute atomic E-state index is 5.36. The molecule has 1 nitrogen and oxygen atoms in total. The third-order valence-corrected chi connectivity index (χ3v) is 2.75. The van der Waals surface area contributed by atoms with Gasteiger partial charge in [-0.2, -0.15) is 0 Å². The highest BCUT2D eigenvalue weighted by atomic mass is 16.5. The van der Waals surface area contributed by atoms with Gasteiger partial charge in [0.2, 0.25) is 0 Å². The third-order valence-electron chi connectivity index (χ3n) is 2.75. The van der Waals surface area contributed by atoms with Gasteiger partial charge < -0.3 is 4.74 Å². The van der Waals surface area contributed by atoms with Crippen molar-refractivity contribution in [2.24, 2.45) is 0 Å². The molecule has 0 heterocycles. The smallest absolute Gasteiger partial charge is 0.0903 e. The third kappa shape index (κ3) is 14.5. The van der Waals surface area contributed by atoms with Crippen LogP contribution in [-0.4, -0.2) is 0 Å². The van der Waals surface area contributed by atoms with Crippen LogP contribution < -0.4 is 0 Å². The lowest BCUT2D eigenvalue weighted by molar-refractivity contribution is 0.402. The Bertz CT molecular complexity index is 416.